The van der Waals surface area contributed by atoms with Gasteiger partial charge >= 0.3 is 5.97 Å². The Labute approximate surface area is 82.5 Å². The Morgan fingerprint density at radius 2 is 2.43 bits per heavy atom. The Bertz CT molecular complexity index is 317. The Balaban J connectivity index is 2.51. The second-order valence-electron chi connectivity index (χ2n) is 2.90. The summed E-state index contributed by atoms with van der Waals surface area (Å²) in [5.74, 6) is -0.314. The van der Waals surface area contributed by atoms with E-state index in [1.165, 1.54) is 0 Å². The first kappa shape index (κ1) is 10.5. The van der Waals surface area contributed by atoms with Gasteiger partial charge < -0.3 is 9.30 Å². The highest BCUT2D eigenvalue weighted by Crippen LogP contribution is 1.99. The fourth-order valence-electron chi connectivity index (χ4n) is 1.08. The van der Waals surface area contributed by atoms with Gasteiger partial charge in [0.25, 0.3) is 0 Å². The number of hydrogen-bond donors (Lipinski definition) is 0. The minimum Gasteiger partial charge on any atom is -0.464 e. The normalized spacial score (nSPS) is 9.79. The summed E-state index contributed by atoms with van der Waals surface area (Å²) in [7, 11) is 0. The fraction of sp³-hybridized carbons (Fsp3) is 0.400. The molecule has 0 amide bonds. The highest BCUT2D eigenvalue weighted by Gasteiger charge is 2.05. The number of carbonyl (C=O) groups is 2. The van der Waals surface area contributed by atoms with Crippen molar-refractivity contribution in [2.24, 2.45) is 0 Å². The van der Waals surface area contributed by atoms with E-state index in [2.05, 4.69) is 0 Å². The zero-order valence-corrected chi connectivity index (χ0v) is 8.10. The molecule has 1 aromatic rings. The van der Waals surface area contributed by atoms with Gasteiger partial charge in [-0.1, -0.05) is 6.92 Å². The molecule has 0 unspecified atom stereocenters. The van der Waals surface area contributed by atoms with E-state index in [0.717, 1.165) is 6.42 Å². The number of hydrogen-bond acceptors (Lipinski definition) is 3. The number of aromatic nitrogens is 1. The molecule has 1 aromatic heterocycles. The topological polar surface area (TPSA) is 48.3 Å². The molecule has 0 aliphatic rings. The molecule has 0 bridgehead atoms. The first-order valence-electron chi connectivity index (χ1n) is 4.54. The smallest absolute Gasteiger partial charge is 0.325 e. The SMILES string of the molecule is CCCOC(=O)Cn1cccc1C=O. The predicted molar refractivity (Wildman–Crippen MR) is 51.1 cm³/mol. The molecule has 0 atom stereocenters. The summed E-state index contributed by atoms with van der Waals surface area (Å²) in [4.78, 5) is 21.7. The van der Waals surface area contributed by atoms with E-state index in [1.807, 2.05) is 6.92 Å². The van der Waals surface area contributed by atoms with Gasteiger partial charge in [-0.3, -0.25) is 9.59 Å². The summed E-state index contributed by atoms with van der Waals surface area (Å²) in [5.41, 5.74) is 0.485. The van der Waals surface area contributed by atoms with Gasteiger partial charge in [-0.05, 0) is 18.6 Å². The van der Waals surface area contributed by atoms with Crippen molar-refractivity contribution in [3.05, 3.63) is 24.0 Å². The number of aldehydes is 1. The average Bonchev–Trinajstić information content (AvgIpc) is 2.62. The lowest BCUT2D eigenvalue weighted by atomic mass is 10.4. The molecule has 0 aliphatic carbocycles. The van der Waals surface area contributed by atoms with Crippen LogP contribution in [0.1, 0.15) is 23.8 Å². The molecule has 0 spiro atoms. The van der Waals surface area contributed by atoms with Crippen LogP contribution in [0.25, 0.3) is 0 Å². The average molecular weight is 195 g/mol. The molecule has 0 N–H and O–H groups in total. The Morgan fingerprint density at radius 1 is 1.64 bits per heavy atom. The third kappa shape index (κ3) is 2.73. The summed E-state index contributed by atoms with van der Waals surface area (Å²) in [5, 5.41) is 0. The third-order valence-electron chi connectivity index (χ3n) is 1.75. The van der Waals surface area contributed by atoms with Gasteiger partial charge in [0, 0.05) is 6.20 Å². The Kier molecular flexibility index (Phi) is 3.91. The van der Waals surface area contributed by atoms with Crippen LogP contribution in [-0.2, 0) is 16.1 Å². The number of rotatable bonds is 5. The largest absolute Gasteiger partial charge is 0.464 e. The fourth-order valence-corrected chi connectivity index (χ4v) is 1.08. The van der Waals surface area contributed by atoms with Gasteiger partial charge in [0.15, 0.2) is 6.29 Å². The van der Waals surface area contributed by atoms with Crippen LogP contribution in [0.3, 0.4) is 0 Å². The molecular weight excluding hydrogens is 182 g/mol. The minimum atomic E-state index is -0.314. The number of esters is 1. The standard InChI is InChI=1S/C10H13NO3/c1-2-6-14-10(13)7-11-5-3-4-9(11)8-12/h3-5,8H,2,6-7H2,1H3. The molecule has 0 saturated carbocycles. The van der Waals surface area contributed by atoms with Crippen LogP contribution in [0.15, 0.2) is 18.3 Å². The van der Waals surface area contributed by atoms with Crippen molar-refractivity contribution in [1.29, 1.82) is 0 Å². The molecule has 0 fully saturated rings. The van der Waals surface area contributed by atoms with Gasteiger partial charge in [-0.25, -0.2) is 0 Å². The lowest BCUT2D eigenvalue weighted by Crippen LogP contribution is -2.14. The number of ether oxygens (including phenoxy) is 1. The molecule has 0 saturated heterocycles. The highest BCUT2D eigenvalue weighted by atomic mass is 16.5. The summed E-state index contributed by atoms with van der Waals surface area (Å²) < 4.78 is 6.45. The van der Waals surface area contributed by atoms with E-state index in [1.54, 1.807) is 22.9 Å². The second-order valence-corrected chi connectivity index (χ2v) is 2.90. The maximum atomic E-state index is 11.2. The minimum absolute atomic E-state index is 0.0983. The highest BCUT2D eigenvalue weighted by molar-refractivity contribution is 5.75. The van der Waals surface area contributed by atoms with Crippen LogP contribution in [-0.4, -0.2) is 23.4 Å². The molecule has 14 heavy (non-hydrogen) atoms. The van der Waals surface area contributed by atoms with Crippen LogP contribution >= 0.6 is 0 Å². The lowest BCUT2D eigenvalue weighted by Gasteiger charge is -2.05. The summed E-state index contributed by atoms with van der Waals surface area (Å²) in [6, 6.07) is 3.37. The van der Waals surface area contributed by atoms with E-state index in [4.69, 9.17) is 4.74 Å². The first-order valence-corrected chi connectivity index (χ1v) is 4.54. The van der Waals surface area contributed by atoms with Gasteiger partial charge in [-0.2, -0.15) is 0 Å². The molecule has 1 heterocycles. The van der Waals surface area contributed by atoms with Crippen molar-refractivity contribution < 1.29 is 14.3 Å². The summed E-state index contributed by atoms with van der Waals surface area (Å²) >= 11 is 0. The van der Waals surface area contributed by atoms with Crippen molar-refractivity contribution in [3.63, 3.8) is 0 Å². The number of carbonyl (C=O) groups excluding carboxylic acids is 2. The molecule has 4 heteroatoms. The third-order valence-corrected chi connectivity index (χ3v) is 1.75. The molecule has 76 valence electrons. The second kappa shape index (κ2) is 5.21. The molecule has 4 nitrogen and oxygen atoms in total. The van der Waals surface area contributed by atoms with Gasteiger partial charge in [-0.15, -0.1) is 0 Å². The van der Waals surface area contributed by atoms with E-state index in [-0.39, 0.29) is 12.5 Å². The van der Waals surface area contributed by atoms with Crippen molar-refractivity contribution in [2.75, 3.05) is 6.61 Å². The van der Waals surface area contributed by atoms with E-state index in [0.29, 0.717) is 18.6 Å². The molecule has 0 radical (unpaired) electrons. The zero-order chi connectivity index (χ0) is 10.4. The van der Waals surface area contributed by atoms with Crippen molar-refractivity contribution >= 4 is 12.3 Å². The molecule has 0 aromatic carbocycles. The number of nitrogens with zero attached hydrogens (tertiary/aromatic N) is 1. The van der Waals surface area contributed by atoms with Crippen LogP contribution in [0.2, 0.25) is 0 Å². The zero-order valence-electron chi connectivity index (χ0n) is 8.10. The van der Waals surface area contributed by atoms with Crippen molar-refractivity contribution in [2.45, 2.75) is 19.9 Å². The molecule has 1 rings (SSSR count). The van der Waals surface area contributed by atoms with Gasteiger partial charge in [0.2, 0.25) is 0 Å². The van der Waals surface area contributed by atoms with E-state index >= 15 is 0 Å². The lowest BCUT2D eigenvalue weighted by molar-refractivity contribution is -0.144. The summed E-state index contributed by atoms with van der Waals surface area (Å²) in [6.07, 6.45) is 3.20. The van der Waals surface area contributed by atoms with Crippen molar-refractivity contribution in [3.8, 4) is 0 Å². The van der Waals surface area contributed by atoms with Crippen LogP contribution < -0.4 is 0 Å². The van der Waals surface area contributed by atoms with Gasteiger partial charge in [0.1, 0.15) is 6.54 Å². The van der Waals surface area contributed by atoms with Crippen LogP contribution in [0.5, 0.6) is 0 Å². The molecular formula is C10H13NO3. The Morgan fingerprint density at radius 3 is 3.07 bits per heavy atom. The quantitative estimate of drug-likeness (QED) is 0.525. The van der Waals surface area contributed by atoms with Crippen LogP contribution in [0, 0.1) is 0 Å². The van der Waals surface area contributed by atoms with Crippen molar-refractivity contribution in [1.82, 2.24) is 4.57 Å². The van der Waals surface area contributed by atoms with Gasteiger partial charge in [0.05, 0.1) is 12.3 Å². The Hall–Kier alpha value is -1.58. The molecule has 0 aliphatic heterocycles. The van der Waals surface area contributed by atoms with E-state index in [9.17, 15) is 9.59 Å². The summed E-state index contributed by atoms with van der Waals surface area (Å²) in [6.45, 7) is 2.46. The maximum Gasteiger partial charge on any atom is 0.325 e. The predicted octanol–water partition coefficient (Wildman–Crippen LogP) is 1.25. The maximum absolute atomic E-state index is 11.2. The monoisotopic (exact) mass is 195 g/mol. The first-order chi connectivity index (χ1) is 6.77. The van der Waals surface area contributed by atoms with E-state index < -0.39 is 0 Å². The van der Waals surface area contributed by atoms with Crippen LogP contribution in [0.4, 0.5) is 0 Å².